The van der Waals surface area contributed by atoms with Crippen molar-refractivity contribution < 1.29 is 27.9 Å². The van der Waals surface area contributed by atoms with Crippen LogP contribution < -0.4 is 4.48 Å². The third-order valence-corrected chi connectivity index (χ3v) is 3.96. The van der Waals surface area contributed by atoms with Gasteiger partial charge in [0.1, 0.15) is 12.9 Å². The van der Waals surface area contributed by atoms with Crippen LogP contribution in [0.1, 0.15) is 19.5 Å². The summed E-state index contributed by atoms with van der Waals surface area (Å²) in [6, 6.07) is -0.998. The number of carboxylic acid groups (broad SMARTS) is 1. The van der Waals surface area contributed by atoms with E-state index in [1.807, 2.05) is 0 Å². The molecular formula is C14H18F3N4O3+. The molecule has 2 amide bonds. The highest BCUT2D eigenvalue weighted by Gasteiger charge is 2.56. The molecular weight excluding hydrogens is 329 g/mol. The number of aromatic nitrogens is 2. The first-order valence-corrected chi connectivity index (χ1v) is 7.26. The van der Waals surface area contributed by atoms with Crippen molar-refractivity contribution in [2.24, 2.45) is 5.92 Å². The molecule has 0 bridgehead atoms. The predicted molar refractivity (Wildman–Crippen MR) is 78.0 cm³/mol. The fourth-order valence-electron chi connectivity index (χ4n) is 2.97. The molecule has 1 aromatic heterocycles. The summed E-state index contributed by atoms with van der Waals surface area (Å²) in [6.07, 6.45) is -3.93. The smallest absolute Gasteiger partial charge is 0.433 e. The van der Waals surface area contributed by atoms with Gasteiger partial charge in [0.25, 0.3) is 0 Å². The number of carboxylic acids is 1. The summed E-state index contributed by atoms with van der Waals surface area (Å²) in [5, 5.41) is 9.28. The first-order valence-electron chi connectivity index (χ1n) is 7.26. The summed E-state index contributed by atoms with van der Waals surface area (Å²) in [5.74, 6) is -1.43. The van der Waals surface area contributed by atoms with Gasteiger partial charge in [-0.15, -0.1) is 0 Å². The molecule has 0 saturated carbocycles. The van der Waals surface area contributed by atoms with Gasteiger partial charge in [0.05, 0.1) is 12.6 Å². The van der Waals surface area contributed by atoms with Crippen LogP contribution in [0.3, 0.4) is 0 Å². The number of rotatable bonds is 4. The first kappa shape index (κ1) is 18.1. The molecule has 2 unspecified atom stereocenters. The van der Waals surface area contributed by atoms with E-state index in [4.69, 9.17) is 0 Å². The molecule has 0 radical (unpaired) electrons. The van der Waals surface area contributed by atoms with Crippen molar-refractivity contribution in [1.82, 2.24) is 19.4 Å². The summed E-state index contributed by atoms with van der Waals surface area (Å²) in [7, 11) is 1.33. The Hall–Kier alpha value is -2.23. The molecule has 1 N–H and O–H groups in total. The van der Waals surface area contributed by atoms with Gasteiger partial charge in [0, 0.05) is 13.0 Å². The molecule has 132 valence electrons. The molecule has 2 atom stereocenters. The Bertz CT molecular complexity index is 665. The van der Waals surface area contributed by atoms with Crippen molar-refractivity contribution in [1.29, 1.82) is 0 Å². The van der Waals surface area contributed by atoms with Crippen molar-refractivity contribution >= 4 is 17.8 Å². The maximum atomic E-state index is 12.9. The van der Waals surface area contributed by atoms with E-state index in [9.17, 15) is 27.9 Å². The third kappa shape index (κ3) is 3.05. The Morgan fingerprint density at radius 3 is 2.54 bits per heavy atom. The molecule has 1 saturated heterocycles. The molecule has 1 aromatic rings. The number of carbonyl (C=O) groups is 2. The molecule has 7 nitrogen and oxygen atoms in total. The largest absolute Gasteiger partial charge is 0.480 e. The van der Waals surface area contributed by atoms with Crippen molar-refractivity contribution in [2.75, 3.05) is 20.1 Å². The van der Waals surface area contributed by atoms with E-state index in [1.165, 1.54) is 7.05 Å². The van der Waals surface area contributed by atoms with Gasteiger partial charge in [-0.2, -0.15) is 22.6 Å². The number of aliphatic carboxylic acids is 1. The van der Waals surface area contributed by atoms with Crippen LogP contribution in [0.4, 0.5) is 23.8 Å². The molecule has 1 fully saturated rings. The van der Waals surface area contributed by atoms with Crippen LogP contribution in [-0.4, -0.2) is 58.2 Å². The molecule has 0 aromatic carbocycles. The molecule has 1 aliphatic heterocycles. The highest BCUT2D eigenvalue weighted by atomic mass is 19.4. The Balaban J connectivity index is 2.58. The van der Waals surface area contributed by atoms with Gasteiger partial charge in [0.2, 0.25) is 5.82 Å². The van der Waals surface area contributed by atoms with Gasteiger partial charge in [0.15, 0.2) is 11.7 Å². The number of halogens is 3. The van der Waals surface area contributed by atoms with E-state index in [-0.39, 0.29) is 24.8 Å². The molecule has 0 spiro atoms. The number of nitrogens with zero attached hydrogens (tertiary/aromatic N) is 4. The maximum absolute atomic E-state index is 12.9. The monoisotopic (exact) mass is 347 g/mol. The minimum atomic E-state index is -4.68. The number of alkyl halides is 3. The summed E-state index contributed by atoms with van der Waals surface area (Å²) >= 11 is 0. The number of carbonyl (C=O) groups excluding carboxylic acids is 1. The normalized spacial score (nSPS) is 24.7. The fourth-order valence-corrected chi connectivity index (χ4v) is 2.97. The summed E-state index contributed by atoms with van der Waals surface area (Å²) < 4.78 is 38.2. The standard InChI is InChI=1S/C14H17F3N4O3/c1-8(2)5-21(6-9(12(22)23)20(3)13(21)24)11-4-10(14(15,16)17)18-7-19-11/h4,7-9H,5-6H2,1-3H3/p+1. The van der Waals surface area contributed by atoms with Crippen molar-refractivity contribution in [3.63, 3.8) is 0 Å². The lowest BCUT2D eigenvalue weighted by atomic mass is 10.1. The van der Waals surface area contributed by atoms with Crippen LogP contribution >= 0.6 is 0 Å². The summed E-state index contributed by atoms with van der Waals surface area (Å²) in [5.41, 5.74) is -1.16. The van der Waals surface area contributed by atoms with Crippen molar-refractivity contribution in [3.05, 3.63) is 18.1 Å². The number of hydrogen-bond donors (Lipinski definition) is 1. The van der Waals surface area contributed by atoms with Gasteiger partial charge < -0.3 is 5.11 Å². The zero-order chi connectivity index (χ0) is 18.3. The highest BCUT2D eigenvalue weighted by molar-refractivity contribution is 5.94. The lowest BCUT2D eigenvalue weighted by Gasteiger charge is -2.30. The topological polar surface area (TPSA) is 83.4 Å². The van der Waals surface area contributed by atoms with E-state index >= 15 is 0 Å². The van der Waals surface area contributed by atoms with E-state index in [2.05, 4.69) is 9.97 Å². The number of urea groups is 1. The predicted octanol–water partition coefficient (Wildman–Crippen LogP) is 1.98. The number of quaternary nitrogens is 1. The highest BCUT2D eigenvalue weighted by Crippen LogP contribution is 2.35. The molecule has 2 rings (SSSR count). The Kier molecular flexibility index (Phi) is 4.53. The second-order valence-electron chi connectivity index (χ2n) is 6.23. The van der Waals surface area contributed by atoms with Crippen LogP contribution in [0.2, 0.25) is 0 Å². The summed E-state index contributed by atoms with van der Waals surface area (Å²) in [6.45, 7) is 3.55. The number of hydrogen-bond acceptors (Lipinski definition) is 4. The van der Waals surface area contributed by atoms with Gasteiger partial charge in [-0.25, -0.2) is 14.6 Å². The Labute approximate surface area is 136 Å². The number of amides is 2. The lowest BCUT2D eigenvalue weighted by Crippen LogP contribution is -2.54. The van der Waals surface area contributed by atoms with Crippen molar-refractivity contribution in [2.45, 2.75) is 26.1 Å². The zero-order valence-corrected chi connectivity index (χ0v) is 13.4. The van der Waals surface area contributed by atoms with Crippen LogP contribution in [0.25, 0.3) is 0 Å². The van der Waals surface area contributed by atoms with Crippen molar-refractivity contribution in [3.8, 4) is 0 Å². The molecule has 1 aliphatic rings. The van der Waals surface area contributed by atoms with Gasteiger partial charge in [-0.05, 0) is 0 Å². The molecule has 2 heterocycles. The molecule has 10 heteroatoms. The first-order chi connectivity index (χ1) is 11.0. The van der Waals surface area contributed by atoms with Crippen LogP contribution in [0.15, 0.2) is 12.4 Å². The van der Waals surface area contributed by atoms with E-state index in [1.54, 1.807) is 13.8 Å². The van der Waals surface area contributed by atoms with Gasteiger partial charge >= 0.3 is 18.2 Å². The summed E-state index contributed by atoms with van der Waals surface area (Å²) in [4.78, 5) is 32.2. The molecule has 24 heavy (non-hydrogen) atoms. The quantitative estimate of drug-likeness (QED) is 0.842. The lowest BCUT2D eigenvalue weighted by molar-refractivity contribution is -0.142. The van der Waals surface area contributed by atoms with E-state index in [0.29, 0.717) is 0 Å². The van der Waals surface area contributed by atoms with E-state index in [0.717, 1.165) is 17.3 Å². The average Bonchev–Trinajstić information content (AvgIpc) is 2.72. The maximum Gasteiger partial charge on any atom is 0.433 e. The van der Waals surface area contributed by atoms with E-state index < -0.39 is 34.4 Å². The van der Waals surface area contributed by atoms with Crippen LogP contribution in [0.5, 0.6) is 0 Å². The SMILES string of the molecule is CC(C)C[N+]1(c2cc(C(F)(F)F)ncn2)CC(C(=O)O)N(C)C1=O. The Morgan fingerprint density at radius 2 is 2.08 bits per heavy atom. The minimum Gasteiger partial charge on any atom is -0.480 e. The zero-order valence-electron chi connectivity index (χ0n) is 13.4. The third-order valence-electron chi connectivity index (χ3n) is 3.96. The van der Waals surface area contributed by atoms with Crippen LogP contribution in [0, 0.1) is 5.92 Å². The second-order valence-corrected chi connectivity index (χ2v) is 6.23. The average molecular weight is 347 g/mol. The van der Waals surface area contributed by atoms with Gasteiger partial charge in [-0.3, -0.25) is 4.90 Å². The molecule has 0 aliphatic carbocycles. The fraction of sp³-hybridized carbons (Fsp3) is 0.571. The number of likely N-dealkylation sites (N-methyl/N-ethyl adjacent to an activating group) is 1. The minimum absolute atomic E-state index is 0.0702. The van der Waals surface area contributed by atoms with Gasteiger partial charge in [-0.1, -0.05) is 13.8 Å². The second kappa shape index (κ2) is 6.00. The Morgan fingerprint density at radius 1 is 1.46 bits per heavy atom. The van der Waals surface area contributed by atoms with Crippen LogP contribution in [-0.2, 0) is 11.0 Å².